The molecule has 22 heavy (non-hydrogen) atoms. The molecule has 1 saturated heterocycles. The molecule has 1 N–H and O–H groups in total. The van der Waals surface area contributed by atoms with Gasteiger partial charge in [-0.2, -0.15) is 0 Å². The van der Waals surface area contributed by atoms with Crippen LogP contribution in [0.25, 0.3) is 0 Å². The van der Waals surface area contributed by atoms with Gasteiger partial charge in [0.15, 0.2) is 0 Å². The smallest absolute Gasteiger partial charge is 0.222 e. The summed E-state index contributed by atoms with van der Waals surface area (Å²) in [6.07, 6.45) is 1.13. The number of hydrogen-bond donors (Lipinski definition) is 1. The van der Waals surface area contributed by atoms with E-state index < -0.39 is 10.8 Å². The Morgan fingerprint density at radius 1 is 1.27 bits per heavy atom. The number of nitrogens with zero attached hydrogens (tertiary/aromatic N) is 1. The Hall–Kier alpha value is -0.720. The molecule has 0 spiro atoms. The highest BCUT2D eigenvalue weighted by Crippen LogP contribution is 2.15. The van der Waals surface area contributed by atoms with Crippen LogP contribution in [-0.2, 0) is 15.6 Å². The standard InChI is InChI=1S/C16H23BrN2O2S/c1-12-10-19(11-13(2)18-12)16(20)4-3-9-22(21)15-7-5-14(17)6-8-15/h5-8,12-13,18H,3-4,9-11H2,1-2H3/t12-,13-,22-/m1/s1. The number of rotatable bonds is 5. The lowest BCUT2D eigenvalue weighted by molar-refractivity contribution is -0.132. The number of nitrogens with one attached hydrogen (secondary N) is 1. The number of carbonyl (C=O) groups excluding carboxylic acids is 1. The van der Waals surface area contributed by atoms with Gasteiger partial charge in [0.05, 0.1) is 10.8 Å². The molecule has 1 aromatic rings. The SMILES string of the molecule is C[C@@H]1CN(C(=O)CCC[S@@](=O)c2ccc(Br)cc2)C[C@@H](C)N1. The van der Waals surface area contributed by atoms with Gasteiger partial charge in [-0.3, -0.25) is 9.00 Å². The first-order valence-corrected chi connectivity index (χ1v) is 9.74. The third-order valence-electron chi connectivity index (χ3n) is 3.71. The van der Waals surface area contributed by atoms with Gasteiger partial charge in [-0.05, 0) is 44.5 Å². The van der Waals surface area contributed by atoms with Crippen molar-refractivity contribution in [2.45, 2.75) is 43.7 Å². The predicted molar refractivity (Wildman–Crippen MR) is 93.3 cm³/mol. The van der Waals surface area contributed by atoms with E-state index in [2.05, 4.69) is 35.1 Å². The Bertz CT molecular complexity index is 525. The molecule has 0 unspecified atom stereocenters. The second kappa shape index (κ2) is 8.22. The molecule has 6 heteroatoms. The molecule has 1 heterocycles. The Morgan fingerprint density at radius 2 is 1.86 bits per heavy atom. The largest absolute Gasteiger partial charge is 0.340 e. The van der Waals surface area contributed by atoms with Crippen LogP contribution in [0, 0.1) is 0 Å². The number of halogens is 1. The number of benzene rings is 1. The summed E-state index contributed by atoms with van der Waals surface area (Å²) in [6.45, 7) is 5.72. The summed E-state index contributed by atoms with van der Waals surface area (Å²) in [7, 11) is -1.03. The number of hydrogen-bond acceptors (Lipinski definition) is 3. The van der Waals surface area contributed by atoms with Crippen molar-refractivity contribution in [3.8, 4) is 0 Å². The fourth-order valence-corrected chi connectivity index (χ4v) is 4.09. The molecule has 0 aromatic heterocycles. The molecular formula is C16H23BrN2O2S. The molecule has 1 amide bonds. The highest BCUT2D eigenvalue weighted by Gasteiger charge is 2.24. The minimum atomic E-state index is -1.03. The molecule has 0 aliphatic carbocycles. The summed E-state index contributed by atoms with van der Waals surface area (Å²) in [4.78, 5) is 15.0. The second-order valence-electron chi connectivity index (χ2n) is 5.87. The summed E-state index contributed by atoms with van der Waals surface area (Å²) < 4.78 is 13.2. The van der Waals surface area contributed by atoms with Crippen LogP contribution in [0.2, 0.25) is 0 Å². The van der Waals surface area contributed by atoms with Gasteiger partial charge in [0, 0.05) is 46.7 Å². The fraction of sp³-hybridized carbons (Fsp3) is 0.562. The van der Waals surface area contributed by atoms with Crippen LogP contribution in [0.5, 0.6) is 0 Å². The quantitative estimate of drug-likeness (QED) is 0.845. The third kappa shape index (κ3) is 5.18. The first kappa shape index (κ1) is 17.6. The zero-order chi connectivity index (χ0) is 16.1. The minimum absolute atomic E-state index is 0.174. The van der Waals surface area contributed by atoms with Crippen LogP contribution in [0.15, 0.2) is 33.6 Å². The van der Waals surface area contributed by atoms with Gasteiger partial charge < -0.3 is 10.2 Å². The van der Waals surface area contributed by atoms with Gasteiger partial charge in [0.2, 0.25) is 5.91 Å². The maximum atomic E-state index is 12.2. The summed E-state index contributed by atoms with van der Waals surface area (Å²) in [5.74, 6) is 0.706. The van der Waals surface area contributed by atoms with E-state index in [1.165, 1.54) is 0 Å². The van der Waals surface area contributed by atoms with E-state index in [-0.39, 0.29) is 5.91 Å². The van der Waals surface area contributed by atoms with E-state index in [4.69, 9.17) is 0 Å². The van der Waals surface area contributed by atoms with E-state index in [0.717, 1.165) is 22.5 Å². The first-order valence-electron chi connectivity index (χ1n) is 7.63. The third-order valence-corrected chi connectivity index (χ3v) is 5.69. The van der Waals surface area contributed by atoms with Gasteiger partial charge in [-0.1, -0.05) is 15.9 Å². The van der Waals surface area contributed by atoms with Gasteiger partial charge >= 0.3 is 0 Å². The fourth-order valence-electron chi connectivity index (χ4n) is 2.75. The van der Waals surface area contributed by atoms with E-state index in [0.29, 0.717) is 30.7 Å². The van der Waals surface area contributed by atoms with Crippen molar-refractivity contribution in [2.75, 3.05) is 18.8 Å². The second-order valence-corrected chi connectivity index (χ2v) is 8.36. The van der Waals surface area contributed by atoms with E-state index >= 15 is 0 Å². The molecule has 1 aromatic carbocycles. The van der Waals surface area contributed by atoms with Crippen LogP contribution in [0.4, 0.5) is 0 Å². The van der Waals surface area contributed by atoms with Gasteiger partial charge in [-0.15, -0.1) is 0 Å². The topological polar surface area (TPSA) is 49.4 Å². The summed E-state index contributed by atoms with van der Waals surface area (Å²) in [5.41, 5.74) is 0. The molecule has 0 bridgehead atoms. The molecule has 0 radical (unpaired) electrons. The molecule has 3 atom stereocenters. The monoisotopic (exact) mass is 386 g/mol. The van der Waals surface area contributed by atoms with Crippen molar-refractivity contribution in [3.05, 3.63) is 28.7 Å². The van der Waals surface area contributed by atoms with Crippen molar-refractivity contribution in [2.24, 2.45) is 0 Å². The molecule has 1 aliphatic rings. The number of amides is 1. The summed E-state index contributed by atoms with van der Waals surface area (Å²) in [6, 6.07) is 8.18. The Balaban J connectivity index is 1.77. The van der Waals surface area contributed by atoms with Crippen LogP contribution in [0.3, 0.4) is 0 Å². The van der Waals surface area contributed by atoms with Gasteiger partial charge in [0.1, 0.15) is 0 Å². The van der Waals surface area contributed by atoms with Crippen molar-refractivity contribution in [3.63, 3.8) is 0 Å². The van der Waals surface area contributed by atoms with Crippen molar-refractivity contribution < 1.29 is 9.00 Å². The van der Waals surface area contributed by atoms with Crippen LogP contribution < -0.4 is 5.32 Å². The zero-order valence-corrected chi connectivity index (χ0v) is 15.5. The average Bonchev–Trinajstić information content (AvgIpc) is 2.46. The molecule has 0 saturated carbocycles. The molecule has 2 rings (SSSR count). The molecule has 1 aliphatic heterocycles. The highest BCUT2D eigenvalue weighted by molar-refractivity contribution is 9.10. The lowest BCUT2D eigenvalue weighted by atomic mass is 10.1. The van der Waals surface area contributed by atoms with Crippen molar-refractivity contribution in [1.82, 2.24) is 10.2 Å². The molecule has 4 nitrogen and oxygen atoms in total. The first-order chi connectivity index (χ1) is 10.5. The molecule has 122 valence electrons. The Morgan fingerprint density at radius 3 is 2.45 bits per heavy atom. The van der Waals surface area contributed by atoms with Crippen LogP contribution in [0.1, 0.15) is 26.7 Å². The molecule has 1 fully saturated rings. The Kier molecular flexibility index (Phi) is 6.59. The van der Waals surface area contributed by atoms with Crippen LogP contribution >= 0.6 is 15.9 Å². The highest BCUT2D eigenvalue weighted by atomic mass is 79.9. The number of carbonyl (C=O) groups is 1. The van der Waals surface area contributed by atoms with Crippen molar-refractivity contribution in [1.29, 1.82) is 0 Å². The van der Waals surface area contributed by atoms with E-state index in [9.17, 15) is 9.00 Å². The predicted octanol–water partition coefficient (Wildman–Crippen LogP) is 2.55. The van der Waals surface area contributed by atoms with E-state index in [1.54, 1.807) is 0 Å². The van der Waals surface area contributed by atoms with E-state index in [1.807, 2.05) is 29.2 Å². The maximum Gasteiger partial charge on any atom is 0.222 e. The minimum Gasteiger partial charge on any atom is -0.340 e. The Labute approximate surface area is 143 Å². The molecular weight excluding hydrogens is 364 g/mol. The summed E-state index contributed by atoms with van der Waals surface area (Å²) in [5, 5.41) is 3.42. The van der Waals surface area contributed by atoms with Gasteiger partial charge in [-0.25, -0.2) is 0 Å². The average molecular weight is 387 g/mol. The van der Waals surface area contributed by atoms with Crippen LogP contribution in [-0.4, -0.2) is 45.9 Å². The normalized spacial score (nSPS) is 23.3. The number of piperazine rings is 1. The van der Waals surface area contributed by atoms with Gasteiger partial charge in [0.25, 0.3) is 0 Å². The summed E-state index contributed by atoms with van der Waals surface area (Å²) >= 11 is 3.37. The zero-order valence-electron chi connectivity index (χ0n) is 13.0. The lowest BCUT2D eigenvalue weighted by Gasteiger charge is -2.36. The maximum absolute atomic E-state index is 12.2. The van der Waals surface area contributed by atoms with Crippen molar-refractivity contribution >= 4 is 32.6 Å². The lowest BCUT2D eigenvalue weighted by Crippen LogP contribution is -2.55.